The smallest absolute Gasteiger partial charge is 0.394 e. The molecule has 400 valence electrons. The summed E-state index contributed by atoms with van der Waals surface area (Å²) in [6.07, 6.45) is -16.1. The zero-order chi connectivity index (χ0) is 50.7. The second-order valence-corrected chi connectivity index (χ2v) is 23.6. The third kappa shape index (κ3) is 11.6. The molecule has 3 heterocycles. The van der Waals surface area contributed by atoms with Gasteiger partial charge in [-0.2, -0.15) is 16.8 Å². The number of aliphatic hydroxyl groups is 7. The Balaban J connectivity index is 1.14. The summed E-state index contributed by atoms with van der Waals surface area (Å²) in [5, 5.41) is 77.5. The summed E-state index contributed by atoms with van der Waals surface area (Å²) in [5.74, 6) is -0.0633. The van der Waals surface area contributed by atoms with Gasteiger partial charge in [-0.3, -0.25) is 9.11 Å². The molecule has 6 fully saturated rings. The number of ether oxygens (including phenoxy) is 7. The maximum absolute atomic E-state index is 12.1. The van der Waals surface area contributed by atoms with E-state index in [9.17, 15) is 61.7 Å². The topological polar surface area (TPSA) is 333 Å². The highest BCUT2D eigenvalue weighted by Crippen LogP contribution is 2.67. The molecular weight excluding hydrogens is 957 g/mol. The molecule has 0 radical (unpaired) electrons. The number of methoxy groups -OCH3 is 1. The van der Waals surface area contributed by atoms with Crippen LogP contribution in [-0.2, 0) is 62.3 Å². The predicted molar refractivity (Wildman–Crippen MR) is 238 cm³/mol. The first-order valence-corrected chi connectivity index (χ1v) is 27.1. The highest BCUT2D eigenvalue weighted by Gasteiger charge is 2.62. The minimum absolute atomic E-state index is 0.0371. The molecule has 3 saturated heterocycles. The van der Waals surface area contributed by atoms with Gasteiger partial charge in [0.15, 0.2) is 18.9 Å². The Labute approximate surface area is 404 Å². The monoisotopic (exact) mass is 1030 g/mol. The summed E-state index contributed by atoms with van der Waals surface area (Å²) in [7, 11) is -8.19. The molecule has 24 heteroatoms. The average Bonchev–Trinajstić information content (AvgIpc) is 3.63. The number of rotatable bonds is 17. The van der Waals surface area contributed by atoms with E-state index in [1.165, 1.54) is 19.6 Å². The molecule has 7 rings (SSSR count). The van der Waals surface area contributed by atoms with Crippen molar-refractivity contribution < 1.29 is 103 Å². The van der Waals surface area contributed by atoms with Gasteiger partial charge < -0.3 is 68.9 Å². The number of fused-ring (bicyclic) bond motifs is 5. The summed E-state index contributed by atoms with van der Waals surface area (Å²) in [5.41, 5.74) is 0.464. The SMILES string of the molecule is CO[C@@H]1[C@@H](O)[C@H](O[C@H]2[C@H](O[C@@H]3[C@@H](O)[C@H](O[C@H]4C[C@@H]5C(=CC[C@]6(C)[C@@H]([C@H](C)CC[C@H](OS(=O)(=O)O)C(C)C)CC[C@@H]56)[C@@]5(C)CC[C@H](OS(=O)(=O)O)CC45)O[C@H](CO)[C@H]3O)OC[C@@H](O)[C@@H]2O)O[C@H](C)[C@H]1O. The fourth-order valence-corrected chi connectivity index (χ4v) is 14.5. The van der Waals surface area contributed by atoms with Gasteiger partial charge in [-0.1, -0.05) is 46.3 Å². The van der Waals surface area contributed by atoms with Crippen LogP contribution in [0, 0.1) is 46.3 Å². The standard InChI is InChI=1S/C45H76O22S2/c1-20(2)30(67-69(56,57)58)11-8-21(3)25-9-10-26-24-17-31(28-16-23(66-68(53,54)55)12-14-45(28,6)27(24)13-15-44(25,26)5)62-42-37(52)39(35(50)32(18-46)63-42)64-43-40(34(49)29(47)19-60-43)65-41-36(51)38(59-7)33(48)22(4)61-41/h13,20-26,28-43,46-52H,8-12,14-19H2,1-7H3,(H,53,54,55)(H,56,57,58)/t21-,22-,23+,24+,25-,26+,28?,29-,30+,31+,32-,33-,34+,35-,36-,37-,38+,39+,40-,41+,42-,43+,44-,45-/m1/s1. The Bertz CT molecular complexity index is 1990. The molecule has 4 aliphatic carbocycles. The zero-order valence-electron chi connectivity index (χ0n) is 40.3. The molecule has 7 aliphatic rings. The van der Waals surface area contributed by atoms with E-state index in [1.807, 2.05) is 13.8 Å². The van der Waals surface area contributed by atoms with Crippen molar-refractivity contribution in [2.24, 2.45) is 46.3 Å². The van der Waals surface area contributed by atoms with Gasteiger partial charge in [0, 0.05) is 7.11 Å². The lowest BCUT2D eigenvalue weighted by Crippen LogP contribution is -2.65. The molecule has 0 bridgehead atoms. The summed E-state index contributed by atoms with van der Waals surface area (Å²) in [6.45, 7) is 10.5. The Morgan fingerprint density at radius 3 is 2.07 bits per heavy atom. The van der Waals surface area contributed by atoms with Gasteiger partial charge in [0.1, 0.15) is 61.0 Å². The first kappa shape index (κ1) is 55.7. The van der Waals surface area contributed by atoms with Crippen LogP contribution >= 0.6 is 0 Å². The van der Waals surface area contributed by atoms with Gasteiger partial charge >= 0.3 is 20.8 Å². The van der Waals surface area contributed by atoms with E-state index in [-0.39, 0.29) is 41.4 Å². The zero-order valence-corrected chi connectivity index (χ0v) is 41.9. The van der Waals surface area contributed by atoms with Crippen LogP contribution in [-0.4, -0.2) is 186 Å². The average molecular weight is 1030 g/mol. The van der Waals surface area contributed by atoms with Crippen LogP contribution in [0.25, 0.3) is 0 Å². The molecular formula is C45H76O22S2. The fourth-order valence-electron chi connectivity index (χ4n) is 13.4. The minimum Gasteiger partial charge on any atom is -0.394 e. The van der Waals surface area contributed by atoms with Gasteiger partial charge in [-0.25, -0.2) is 8.37 Å². The summed E-state index contributed by atoms with van der Waals surface area (Å²) in [4.78, 5) is 0. The van der Waals surface area contributed by atoms with Gasteiger partial charge in [-0.15, -0.1) is 0 Å². The molecule has 3 saturated carbocycles. The fraction of sp³-hybridized carbons (Fsp3) is 0.956. The Kier molecular flexibility index (Phi) is 17.5. The van der Waals surface area contributed by atoms with Crippen molar-refractivity contribution in [1.29, 1.82) is 0 Å². The molecule has 0 aromatic carbocycles. The first-order chi connectivity index (χ1) is 32.2. The minimum atomic E-state index is -4.83. The number of hydrogen-bond acceptors (Lipinski definition) is 20. The first-order valence-electron chi connectivity index (χ1n) is 24.3. The number of allylic oxidation sites excluding steroid dienone is 2. The van der Waals surface area contributed by atoms with E-state index in [0.717, 1.165) is 19.3 Å². The van der Waals surface area contributed by atoms with Gasteiger partial charge in [0.2, 0.25) is 0 Å². The van der Waals surface area contributed by atoms with E-state index in [1.54, 1.807) is 0 Å². The van der Waals surface area contributed by atoms with Crippen molar-refractivity contribution in [3.8, 4) is 0 Å². The molecule has 9 N–H and O–H groups in total. The van der Waals surface area contributed by atoms with Crippen LogP contribution in [0.15, 0.2) is 11.6 Å². The molecule has 24 atom stereocenters. The summed E-state index contributed by atoms with van der Waals surface area (Å²) < 4.78 is 119. The Morgan fingerprint density at radius 1 is 0.768 bits per heavy atom. The van der Waals surface area contributed by atoms with Gasteiger partial charge in [-0.05, 0) is 111 Å². The van der Waals surface area contributed by atoms with E-state index >= 15 is 0 Å². The molecule has 22 nitrogen and oxygen atoms in total. The van der Waals surface area contributed by atoms with E-state index in [2.05, 4.69) is 26.8 Å². The highest BCUT2D eigenvalue weighted by molar-refractivity contribution is 7.81. The highest BCUT2D eigenvalue weighted by atomic mass is 32.3. The van der Waals surface area contributed by atoms with Crippen LogP contribution in [0.1, 0.15) is 99.3 Å². The van der Waals surface area contributed by atoms with Crippen LogP contribution in [0.4, 0.5) is 0 Å². The van der Waals surface area contributed by atoms with Crippen molar-refractivity contribution >= 4 is 20.8 Å². The van der Waals surface area contributed by atoms with E-state index in [4.69, 9.17) is 41.5 Å². The van der Waals surface area contributed by atoms with Crippen molar-refractivity contribution in [1.82, 2.24) is 0 Å². The van der Waals surface area contributed by atoms with Crippen molar-refractivity contribution in [3.63, 3.8) is 0 Å². The Hall–Kier alpha value is -1.08. The van der Waals surface area contributed by atoms with Gasteiger partial charge in [0.05, 0.1) is 37.6 Å². The van der Waals surface area contributed by atoms with Crippen molar-refractivity contribution in [2.45, 2.75) is 204 Å². The maximum Gasteiger partial charge on any atom is 0.397 e. The van der Waals surface area contributed by atoms with Crippen molar-refractivity contribution in [3.05, 3.63) is 11.6 Å². The normalized spacial score (nSPS) is 47.2. The lowest BCUT2D eigenvalue weighted by Gasteiger charge is -2.59. The third-order valence-electron chi connectivity index (χ3n) is 17.1. The number of aliphatic hydroxyl groups excluding tert-OH is 7. The lowest BCUT2D eigenvalue weighted by atomic mass is 9.47. The van der Waals surface area contributed by atoms with Crippen LogP contribution < -0.4 is 0 Å². The molecule has 1 unspecified atom stereocenters. The van der Waals surface area contributed by atoms with Crippen LogP contribution in [0.5, 0.6) is 0 Å². The van der Waals surface area contributed by atoms with Crippen LogP contribution in [0.2, 0.25) is 0 Å². The largest absolute Gasteiger partial charge is 0.397 e. The molecule has 69 heavy (non-hydrogen) atoms. The van der Waals surface area contributed by atoms with E-state index < -0.39 is 150 Å². The van der Waals surface area contributed by atoms with Gasteiger partial charge in [0.25, 0.3) is 0 Å². The number of hydrogen-bond donors (Lipinski definition) is 9. The maximum atomic E-state index is 12.1. The quantitative estimate of drug-likeness (QED) is 0.0718. The third-order valence-corrected chi connectivity index (χ3v) is 18.1. The Morgan fingerprint density at radius 2 is 1.43 bits per heavy atom. The van der Waals surface area contributed by atoms with Crippen LogP contribution in [0.3, 0.4) is 0 Å². The van der Waals surface area contributed by atoms with E-state index in [0.29, 0.717) is 32.1 Å². The van der Waals surface area contributed by atoms with Crippen molar-refractivity contribution in [2.75, 3.05) is 20.3 Å². The second kappa shape index (κ2) is 21.6. The molecule has 0 spiro atoms. The molecule has 0 aromatic rings. The molecule has 3 aliphatic heterocycles. The summed E-state index contributed by atoms with van der Waals surface area (Å²) >= 11 is 0. The lowest BCUT2D eigenvalue weighted by molar-refractivity contribution is -0.381. The molecule has 0 aromatic heterocycles. The second-order valence-electron chi connectivity index (χ2n) is 21.5. The molecule has 0 amide bonds. The summed E-state index contributed by atoms with van der Waals surface area (Å²) in [6, 6.07) is 0. The predicted octanol–water partition coefficient (Wildman–Crippen LogP) is 0.778.